The fourth-order valence-electron chi connectivity index (χ4n) is 8.62. The number of carbonyl (C=O) groups is 2. The zero-order chi connectivity index (χ0) is 43.7. The molecule has 2 atom stereocenters. The number of aryl methyl sites for hydroxylation is 2. The fraction of sp³-hybridized carbons (Fsp3) is 0.346. The van der Waals surface area contributed by atoms with Gasteiger partial charge in [-0.15, -0.1) is 0 Å². The summed E-state index contributed by atoms with van der Waals surface area (Å²) in [6, 6.07) is 35.9. The Morgan fingerprint density at radius 1 is 0.532 bits per heavy atom. The van der Waals surface area contributed by atoms with Gasteiger partial charge in [-0.2, -0.15) is 10.1 Å². The number of hydroxylamine groups is 4. The van der Waals surface area contributed by atoms with Crippen LogP contribution in [0, 0.1) is 23.7 Å². The number of rotatable bonds is 14. The molecular formula is C52H56N4O6. The molecule has 4 heterocycles. The maximum atomic E-state index is 13.4. The summed E-state index contributed by atoms with van der Waals surface area (Å²) in [5.74, 6) is 15.0. The summed E-state index contributed by atoms with van der Waals surface area (Å²) in [6.07, 6.45) is 8.51. The van der Waals surface area contributed by atoms with Crippen molar-refractivity contribution in [3.63, 3.8) is 0 Å². The Balaban J connectivity index is 0.000000186. The van der Waals surface area contributed by atoms with Gasteiger partial charge >= 0.3 is 12.1 Å². The maximum absolute atomic E-state index is 13.4. The average molecular weight is 833 g/mol. The van der Waals surface area contributed by atoms with Crippen molar-refractivity contribution in [3.05, 3.63) is 132 Å². The Morgan fingerprint density at radius 2 is 0.935 bits per heavy atom. The fourth-order valence-corrected chi connectivity index (χ4v) is 8.62. The molecule has 0 saturated carbocycles. The highest BCUT2D eigenvalue weighted by Gasteiger charge is 2.52. The lowest BCUT2D eigenvalue weighted by Crippen LogP contribution is -2.42. The number of carbonyl (C=O) groups excluding carboxylic acids is 2. The molecule has 0 spiro atoms. The van der Waals surface area contributed by atoms with E-state index in [4.69, 9.17) is 19.1 Å². The van der Waals surface area contributed by atoms with Gasteiger partial charge in [0.2, 0.25) is 0 Å². The lowest BCUT2D eigenvalue weighted by molar-refractivity contribution is -0.134. The maximum Gasteiger partial charge on any atom is 0.354 e. The van der Waals surface area contributed by atoms with E-state index < -0.39 is 11.1 Å². The molecule has 10 heteroatoms. The predicted molar refractivity (Wildman–Crippen MR) is 244 cm³/mol. The first-order valence-corrected chi connectivity index (χ1v) is 21.5. The lowest BCUT2D eigenvalue weighted by atomic mass is 9.89. The highest BCUT2D eigenvalue weighted by atomic mass is 16.7. The standard InChI is InChI=1S/2C26H28N2O3/c2*1-4-5-16-26(17-10-9-13-20-11-7-6-8-12-20)24-18-21-14-15-22(30-2)19-23(21)27(24)25(29)28(26)31-3/h2*6-8,11-12,14-15,18-19H,4-5,9,13,16H2,1-3H3. The molecule has 320 valence electrons. The molecule has 2 unspecified atom stereocenters. The lowest BCUT2D eigenvalue weighted by Gasteiger charge is -2.31. The number of benzene rings is 4. The van der Waals surface area contributed by atoms with Gasteiger partial charge in [-0.25, -0.2) is 9.59 Å². The molecule has 0 bridgehead atoms. The number of aromatic nitrogens is 2. The van der Waals surface area contributed by atoms with Crippen molar-refractivity contribution in [2.24, 2.45) is 0 Å². The number of amides is 2. The van der Waals surface area contributed by atoms with E-state index in [-0.39, 0.29) is 12.1 Å². The van der Waals surface area contributed by atoms with E-state index in [1.54, 1.807) is 37.6 Å². The zero-order valence-corrected chi connectivity index (χ0v) is 36.7. The van der Waals surface area contributed by atoms with Crippen LogP contribution >= 0.6 is 0 Å². The molecule has 0 fully saturated rings. The average Bonchev–Trinajstić information content (AvgIpc) is 4.01. The van der Waals surface area contributed by atoms with Crippen LogP contribution < -0.4 is 9.47 Å². The first kappa shape index (κ1) is 43.6. The smallest absolute Gasteiger partial charge is 0.354 e. The van der Waals surface area contributed by atoms with Crippen LogP contribution in [0.25, 0.3) is 21.8 Å². The summed E-state index contributed by atoms with van der Waals surface area (Å²) in [5.41, 5.74) is 4.26. The third kappa shape index (κ3) is 8.29. The molecule has 2 amide bonds. The summed E-state index contributed by atoms with van der Waals surface area (Å²) in [4.78, 5) is 38.0. The topological polar surface area (TPSA) is 87.4 Å². The second-order valence-electron chi connectivity index (χ2n) is 15.6. The summed E-state index contributed by atoms with van der Waals surface area (Å²) in [5, 5.41) is 4.89. The minimum atomic E-state index is -0.801. The van der Waals surface area contributed by atoms with Crippen molar-refractivity contribution in [3.8, 4) is 35.2 Å². The molecule has 2 aliphatic heterocycles. The molecule has 0 N–H and O–H groups in total. The summed E-state index contributed by atoms with van der Waals surface area (Å²) in [7, 11) is 6.34. The number of nitrogens with zero attached hydrogens (tertiary/aromatic N) is 4. The van der Waals surface area contributed by atoms with Gasteiger partial charge in [-0.1, -0.05) is 111 Å². The van der Waals surface area contributed by atoms with Gasteiger partial charge in [-0.3, -0.25) is 18.8 Å². The van der Waals surface area contributed by atoms with Gasteiger partial charge in [0, 0.05) is 35.7 Å². The number of hydrogen-bond acceptors (Lipinski definition) is 6. The van der Waals surface area contributed by atoms with Crippen molar-refractivity contribution in [1.29, 1.82) is 0 Å². The Morgan fingerprint density at radius 3 is 1.29 bits per heavy atom. The quantitative estimate of drug-likeness (QED) is 0.102. The van der Waals surface area contributed by atoms with Gasteiger partial charge in [0.15, 0.2) is 11.1 Å². The third-order valence-corrected chi connectivity index (χ3v) is 11.8. The van der Waals surface area contributed by atoms with Gasteiger partial charge in [0.1, 0.15) is 11.5 Å². The Hall–Kier alpha value is -6.46. The summed E-state index contributed by atoms with van der Waals surface area (Å²) < 4.78 is 14.2. The molecule has 0 aliphatic carbocycles. The Kier molecular flexibility index (Phi) is 13.7. The van der Waals surface area contributed by atoms with E-state index in [0.29, 0.717) is 11.5 Å². The predicted octanol–water partition coefficient (Wildman–Crippen LogP) is 11.0. The monoisotopic (exact) mass is 832 g/mol. The van der Waals surface area contributed by atoms with Crippen LogP contribution in [0.3, 0.4) is 0 Å². The first-order chi connectivity index (χ1) is 30.3. The summed E-state index contributed by atoms with van der Waals surface area (Å²) >= 11 is 0. The highest BCUT2D eigenvalue weighted by molar-refractivity contribution is 5.98. The van der Waals surface area contributed by atoms with E-state index in [9.17, 15) is 9.59 Å². The van der Waals surface area contributed by atoms with Gasteiger partial charge < -0.3 is 9.47 Å². The van der Waals surface area contributed by atoms with Crippen LogP contribution in [0.15, 0.2) is 109 Å². The minimum absolute atomic E-state index is 0.214. The molecule has 10 nitrogen and oxygen atoms in total. The van der Waals surface area contributed by atoms with E-state index in [1.165, 1.54) is 21.3 Å². The van der Waals surface area contributed by atoms with Gasteiger partial charge in [0.25, 0.3) is 0 Å². The van der Waals surface area contributed by atoms with Crippen LogP contribution in [-0.2, 0) is 33.6 Å². The Labute approximate surface area is 365 Å². The molecule has 62 heavy (non-hydrogen) atoms. The van der Waals surface area contributed by atoms with Crippen molar-refractivity contribution in [1.82, 2.24) is 19.3 Å². The highest BCUT2D eigenvalue weighted by Crippen LogP contribution is 2.45. The molecule has 0 radical (unpaired) electrons. The van der Waals surface area contributed by atoms with E-state index in [0.717, 1.165) is 97.4 Å². The van der Waals surface area contributed by atoms with Crippen LogP contribution in [0.1, 0.15) is 87.7 Å². The van der Waals surface area contributed by atoms with Crippen molar-refractivity contribution >= 4 is 33.9 Å². The Bertz CT molecular complexity index is 2460. The number of unbranched alkanes of at least 4 members (excludes halogenated alkanes) is 2. The summed E-state index contributed by atoms with van der Waals surface area (Å²) in [6.45, 7) is 4.29. The van der Waals surface area contributed by atoms with Crippen LogP contribution in [0.5, 0.6) is 11.5 Å². The van der Waals surface area contributed by atoms with Crippen molar-refractivity contribution < 1.29 is 28.7 Å². The third-order valence-electron chi connectivity index (χ3n) is 11.8. The largest absolute Gasteiger partial charge is 0.497 e. The van der Waals surface area contributed by atoms with Gasteiger partial charge in [-0.05, 0) is 86.1 Å². The molecule has 8 rings (SSSR count). The first-order valence-electron chi connectivity index (χ1n) is 21.5. The minimum Gasteiger partial charge on any atom is -0.497 e. The van der Waals surface area contributed by atoms with E-state index >= 15 is 0 Å². The normalized spacial score (nSPS) is 17.5. The van der Waals surface area contributed by atoms with Crippen molar-refractivity contribution in [2.75, 3.05) is 28.4 Å². The van der Waals surface area contributed by atoms with E-state index in [1.807, 2.05) is 72.8 Å². The SMILES string of the molecule is CCCCC1(C#CCCc2ccccc2)c2cc3ccc(OC)cc3n2C(=O)N1OC.CCCCC1(C#CCCc2ccccc2)c2cc3ccc(OC)cc3n2C(=O)N1OC. The number of hydrogen-bond donors (Lipinski definition) is 0. The number of methoxy groups -OCH3 is 2. The second-order valence-corrected chi connectivity index (χ2v) is 15.6. The number of ether oxygens (including phenoxy) is 2. The zero-order valence-electron chi connectivity index (χ0n) is 36.7. The van der Waals surface area contributed by atoms with Gasteiger partial charge in [0.05, 0.1) is 50.9 Å². The van der Waals surface area contributed by atoms with Crippen LogP contribution in [0.2, 0.25) is 0 Å². The molecule has 6 aromatic rings. The van der Waals surface area contributed by atoms with E-state index in [2.05, 4.69) is 73.9 Å². The van der Waals surface area contributed by atoms with Crippen LogP contribution in [0.4, 0.5) is 9.59 Å². The molecule has 2 aliphatic rings. The molecule has 0 saturated heterocycles. The number of fused-ring (bicyclic) bond motifs is 6. The molecule has 4 aromatic carbocycles. The van der Waals surface area contributed by atoms with Crippen LogP contribution in [-0.4, -0.2) is 59.8 Å². The molecular weight excluding hydrogens is 777 g/mol. The molecule has 2 aromatic heterocycles. The second kappa shape index (κ2) is 19.5. The van der Waals surface area contributed by atoms with Crippen molar-refractivity contribution in [2.45, 2.75) is 89.1 Å².